The maximum Gasteiger partial charge on any atom is 0.121 e. The number of nitrogens with one attached hydrogen (secondary N) is 1. The molecule has 0 aliphatic heterocycles. The second kappa shape index (κ2) is 10.9. The molecule has 136 valence electrons. The Labute approximate surface area is 156 Å². The van der Waals surface area contributed by atoms with Crippen LogP contribution in [0, 0.1) is 6.92 Å². The van der Waals surface area contributed by atoms with Crippen LogP contribution in [0.2, 0.25) is 5.02 Å². The fourth-order valence-corrected chi connectivity index (χ4v) is 2.60. The maximum atomic E-state index is 6.02. The Morgan fingerprint density at radius 3 is 2.52 bits per heavy atom. The van der Waals surface area contributed by atoms with Gasteiger partial charge in [0, 0.05) is 23.3 Å². The van der Waals surface area contributed by atoms with Gasteiger partial charge in [-0.3, -0.25) is 0 Å². The van der Waals surface area contributed by atoms with Crippen LogP contribution in [0.25, 0.3) is 0 Å². The minimum atomic E-state index is 0.586. The Balaban J connectivity index is 1.69. The van der Waals surface area contributed by atoms with Crippen LogP contribution in [0.1, 0.15) is 38.2 Å². The van der Waals surface area contributed by atoms with Gasteiger partial charge >= 0.3 is 0 Å². The van der Waals surface area contributed by atoms with Gasteiger partial charge in [-0.05, 0) is 49.2 Å². The summed E-state index contributed by atoms with van der Waals surface area (Å²) in [6.45, 7) is 6.28. The van der Waals surface area contributed by atoms with Gasteiger partial charge in [0.15, 0.2) is 0 Å². The Kier molecular flexibility index (Phi) is 8.47. The first kappa shape index (κ1) is 19.5. The predicted molar refractivity (Wildman–Crippen MR) is 106 cm³/mol. The molecule has 3 nitrogen and oxygen atoms in total. The van der Waals surface area contributed by atoms with E-state index < -0.39 is 0 Å². The van der Waals surface area contributed by atoms with Gasteiger partial charge < -0.3 is 14.8 Å². The third-order valence-electron chi connectivity index (χ3n) is 3.93. The highest BCUT2D eigenvalue weighted by Gasteiger charge is 2.00. The fourth-order valence-electron chi connectivity index (χ4n) is 2.49. The molecule has 2 aromatic rings. The molecule has 0 radical (unpaired) electrons. The van der Waals surface area contributed by atoms with Crippen molar-refractivity contribution in [2.75, 3.05) is 25.1 Å². The Bertz CT molecular complexity index is 646. The molecule has 0 spiro atoms. The van der Waals surface area contributed by atoms with Crippen LogP contribution in [0.3, 0.4) is 0 Å². The molecule has 0 aromatic heterocycles. The van der Waals surface area contributed by atoms with Crippen molar-refractivity contribution in [1.82, 2.24) is 0 Å². The van der Waals surface area contributed by atoms with E-state index in [-0.39, 0.29) is 0 Å². The Morgan fingerprint density at radius 1 is 0.920 bits per heavy atom. The van der Waals surface area contributed by atoms with Gasteiger partial charge in [0.2, 0.25) is 0 Å². The van der Waals surface area contributed by atoms with Gasteiger partial charge in [-0.2, -0.15) is 0 Å². The van der Waals surface area contributed by atoms with Crippen LogP contribution in [-0.4, -0.2) is 19.8 Å². The molecule has 0 amide bonds. The molecule has 0 heterocycles. The quantitative estimate of drug-likeness (QED) is 0.490. The lowest BCUT2D eigenvalue weighted by atomic mass is 10.2. The molecule has 2 rings (SSSR count). The zero-order valence-electron chi connectivity index (χ0n) is 15.2. The smallest absolute Gasteiger partial charge is 0.121 e. The molecule has 0 fully saturated rings. The average Bonchev–Trinajstić information content (AvgIpc) is 2.62. The number of rotatable bonds is 11. The summed E-state index contributed by atoms with van der Waals surface area (Å²) in [6.07, 6.45) is 4.87. The van der Waals surface area contributed by atoms with Gasteiger partial charge in [-0.25, -0.2) is 0 Å². The largest absolute Gasteiger partial charge is 0.494 e. The van der Waals surface area contributed by atoms with E-state index in [1.54, 1.807) is 0 Å². The topological polar surface area (TPSA) is 30.5 Å². The van der Waals surface area contributed by atoms with Gasteiger partial charge in [0.25, 0.3) is 0 Å². The lowest BCUT2D eigenvalue weighted by Gasteiger charge is -2.11. The highest BCUT2D eigenvalue weighted by molar-refractivity contribution is 6.31. The number of ether oxygens (including phenoxy) is 2. The average molecular weight is 362 g/mol. The van der Waals surface area contributed by atoms with Crippen molar-refractivity contribution in [3.63, 3.8) is 0 Å². The lowest BCUT2D eigenvalue weighted by molar-refractivity contribution is 0.305. The molecule has 0 atom stereocenters. The molecular weight excluding hydrogens is 334 g/mol. The van der Waals surface area contributed by atoms with Crippen LogP contribution < -0.4 is 14.8 Å². The van der Waals surface area contributed by atoms with Crippen LogP contribution in [-0.2, 0) is 0 Å². The summed E-state index contributed by atoms with van der Waals surface area (Å²) in [5.74, 6) is 1.75. The van der Waals surface area contributed by atoms with Crippen molar-refractivity contribution in [2.24, 2.45) is 0 Å². The summed E-state index contributed by atoms with van der Waals surface area (Å²) in [6, 6.07) is 13.8. The normalized spacial score (nSPS) is 10.5. The Hall–Kier alpha value is -1.87. The van der Waals surface area contributed by atoms with E-state index >= 15 is 0 Å². The molecule has 0 aliphatic rings. The van der Waals surface area contributed by atoms with Crippen LogP contribution in [0.4, 0.5) is 5.69 Å². The first-order valence-corrected chi connectivity index (χ1v) is 9.42. The summed E-state index contributed by atoms with van der Waals surface area (Å²) in [5.41, 5.74) is 2.07. The number of benzene rings is 2. The van der Waals surface area contributed by atoms with E-state index in [9.17, 15) is 0 Å². The van der Waals surface area contributed by atoms with Crippen molar-refractivity contribution in [1.29, 1.82) is 0 Å². The summed E-state index contributed by atoms with van der Waals surface area (Å²) >= 11 is 6.02. The lowest BCUT2D eigenvalue weighted by Crippen LogP contribution is -2.11. The van der Waals surface area contributed by atoms with Gasteiger partial charge in [0.05, 0.1) is 6.61 Å². The number of anilines is 1. The van der Waals surface area contributed by atoms with E-state index in [2.05, 4.69) is 12.2 Å². The minimum absolute atomic E-state index is 0.586. The monoisotopic (exact) mass is 361 g/mol. The van der Waals surface area contributed by atoms with Crippen LogP contribution in [0.15, 0.2) is 42.5 Å². The molecule has 0 saturated heterocycles. The standard InChI is InChI=1S/C21H28ClNO2/c1-3-4-5-6-13-24-19-9-7-8-18(16-19)23-12-14-25-20-10-11-21(22)17(2)15-20/h7-11,15-16,23H,3-6,12-14H2,1-2H3. The van der Waals surface area contributed by atoms with E-state index in [1.165, 1.54) is 19.3 Å². The first-order chi connectivity index (χ1) is 12.2. The third kappa shape index (κ3) is 7.27. The molecule has 0 aliphatic carbocycles. The summed E-state index contributed by atoms with van der Waals surface area (Å²) < 4.78 is 11.6. The first-order valence-electron chi connectivity index (χ1n) is 9.04. The maximum absolute atomic E-state index is 6.02. The molecule has 0 unspecified atom stereocenters. The van der Waals surface area contributed by atoms with Crippen molar-refractivity contribution < 1.29 is 9.47 Å². The predicted octanol–water partition coefficient (Wildman–Crippen LogP) is 6.10. The van der Waals surface area contributed by atoms with Crippen LogP contribution in [0.5, 0.6) is 11.5 Å². The summed E-state index contributed by atoms with van der Waals surface area (Å²) in [7, 11) is 0. The van der Waals surface area contributed by atoms with Crippen LogP contribution >= 0.6 is 11.6 Å². The number of hydrogen-bond acceptors (Lipinski definition) is 3. The highest BCUT2D eigenvalue weighted by atomic mass is 35.5. The van der Waals surface area contributed by atoms with E-state index in [1.807, 2.05) is 49.4 Å². The van der Waals surface area contributed by atoms with Crippen molar-refractivity contribution in [2.45, 2.75) is 39.5 Å². The number of unbranched alkanes of at least 4 members (excludes halogenated alkanes) is 3. The highest BCUT2D eigenvalue weighted by Crippen LogP contribution is 2.21. The molecule has 1 N–H and O–H groups in total. The van der Waals surface area contributed by atoms with Gasteiger partial charge in [-0.1, -0.05) is 43.9 Å². The van der Waals surface area contributed by atoms with Gasteiger partial charge in [-0.15, -0.1) is 0 Å². The van der Waals surface area contributed by atoms with E-state index in [4.69, 9.17) is 21.1 Å². The van der Waals surface area contributed by atoms with Crippen molar-refractivity contribution in [3.8, 4) is 11.5 Å². The molecule has 0 bridgehead atoms. The van der Waals surface area contributed by atoms with Crippen molar-refractivity contribution in [3.05, 3.63) is 53.1 Å². The molecule has 0 saturated carbocycles. The molecule has 2 aromatic carbocycles. The molecule has 25 heavy (non-hydrogen) atoms. The third-order valence-corrected chi connectivity index (χ3v) is 4.35. The second-order valence-corrected chi connectivity index (χ2v) is 6.53. The fraction of sp³-hybridized carbons (Fsp3) is 0.429. The molecule has 4 heteroatoms. The van der Waals surface area contributed by atoms with E-state index in [0.29, 0.717) is 6.61 Å². The zero-order valence-corrected chi connectivity index (χ0v) is 15.9. The summed E-state index contributed by atoms with van der Waals surface area (Å²) in [4.78, 5) is 0. The summed E-state index contributed by atoms with van der Waals surface area (Å²) in [5, 5.41) is 4.12. The van der Waals surface area contributed by atoms with Crippen molar-refractivity contribution >= 4 is 17.3 Å². The second-order valence-electron chi connectivity index (χ2n) is 6.12. The van der Waals surface area contributed by atoms with Gasteiger partial charge in [0.1, 0.15) is 18.1 Å². The molecular formula is C21H28ClNO2. The zero-order chi connectivity index (χ0) is 17.9. The SMILES string of the molecule is CCCCCCOc1cccc(NCCOc2ccc(Cl)c(C)c2)c1. The number of hydrogen-bond donors (Lipinski definition) is 1. The minimum Gasteiger partial charge on any atom is -0.494 e. The Morgan fingerprint density at radius 2 is 1.72 bits per heavy atom. The number of halogens is 1. The number of aryl methyl sites for hydroxylation is 1. The van der Waals surface area contributed by atoms with E-state index in [0.717, 1.165) is 47.3 Å².